The Morgan fingerprint density at radius 3 is 2.69 bits per heavy atom. The van der Waals surface area contributed by atoms with Crippen molar-refractivity contribution in [3.05, 3.63) is 28.7 Å². The first-order chi connectivity index (χ1) is 6.91. The van der Waals surface area contributed by atoms with Crippen LogP contribution in [0.2, 0.25) is 0 Å². The predicted molar refractivity (Wildman–Crippen MR) is 51.9 cm³/mol. The molecule has 1 aromatic rings. The van der Waals surface area contributed by atoms with Crippen LogP contribution in [0.3, 0.4) is 0 Å². The summed E-state index contributed by atoms with van der Waals surface area (Å²) in [5.41, 5.74) is 0. The Morgan fingerprint density at radius 1 is 1.69 bits per heavy atom. The molecule has 4 heteroatoms. The molecule has 70 valence electrons. The summed E-state index contributed by atoms with van der Waals surface area (Å²) in [6.45, 7) is 1.35. The van der Waals surface area contributed by atoms with E-state index in [0.29, 0.717) is 4.47 Å². The SMILES string of the molecule is [2H]c1cc(Br)cc([2H])c1O[C@@H](C)C(=O)O. The number of benzene rings is 1. The van der Waals surface area contributed by atoms with E-state index in [2.05, 4.69) is 15.9 Å². The van der Waals surface area contributed by atoms with Crippen LogP contribution in [0.4, 0.5) is 0 Å². The summed E-state index contributed by atoms with van der Waals surface area (Å²) in [5.74, 6) is -1.15. The van der Waals surface area contributed by atoms with Crippen molar-refractivity contribution in [1.82, 2.24) is 0 Å². The van der Waals surface area contributed by atoms with Gasteiger partial charge in [-0.25, -0.2) is 4.79 Å². The average molecular weight is 247 g/mol. The summed E-state index contributed by atoms with van der Waals surface area (Å²) in [5, 5.41) is 8.62. The van der Waals surface area contributed by atoms with Crippen molar-refractivity contribution in [3.63, 3.8) is 0 Å². The standard InChI is InChI=1S/C9H9BrO3/c1-6(9(11)12)13-8-4-2-7(10)3-5-8/h2-6H,1H3,(H,11,12)/t6-/m0/s1/i4D,5D. The normalized spacial score (nSPS) is 14.3. The van der Waals surface area contributed by atoms with Crippen molar-refractivity contribution in [1.29, 1.82) is 0 Å². The molecule has 0 aromatic heterocycles. The Morgan fingerprint density at radius 2 is 2.23 bits per heavy atom. The molecule has 0 spiro atoms. The fraction of sp³-hybridized carbons (Fsp3) is 0.222. The van der Waals surface area contributed by atoms with Crippen LogP contribution in [0.1, 0.15) is 9.67 Å². The highest BCUT2D eigenvalue weighted by Gasteiger charge is 2.11. The van der Waals surface area contributed by atoms with Crippen molar-refractivity contribution in [2.24, 2.45) is 0 Å². The second-order valence-corrected chi connectivity index (χ2v) is 3.31. The molecule has 0 heterocycles. The molecule has 1 aromatic carbocycles. The molecule has 0 fully saturated rings. The van der Waals surface area contributed by atoms with E-state index in [9.17, 15) is 4.79 Å². The summed E-state index contributed by atoms with van der Waals surface area (Å²) in [6, 6.07) is 2.87. The van der Waals surface area contributed by atoms with E-state index < -0.39 is 12.1 Å². The Labute approximate surface area is 87.3 Å². The van der Waals surface area contributed by atoms with Gasteiger partial charge in [0.1, 0.15) is 5.75 Å². The van der Waals surface area contributed by atoms with Gasteiger partial charge in [0.05, 0.1) is 2.74 Å². The van der Waals surface area contributed by atoms with Gasteiger partial charge in [-0.2, -0.15) is 0 Å². The molecule has 0 saturated carbocycles. The van der Waals surface area contributed by atoms with Gasteiger partial charge in [0.15, 0.2) is 6.10 Å². The van der Waals surface area contributed by atoms with Gasteiger partial charge in [-0.3, -0.25) is 0 Å². The topological polar surface area (TPSA) is 46.5 Å². The van der Waals surface area contributed by atoms with Gasteiger partial charge in [0.2, 0.25) is 0 Å². The third-order valence-corrected chi connectivity index (χ3v) is 1.78. The van der Waals surface area contributed by atoms with Crippen LogP contribution in [0.5, 0.6) is 5.75 Å². The summed E-state index contributed by atoms with van der Waals surface area (Å²) in [4.78, 5) is 10.5. The second-order valence-electron chi connectivity index (χ2n) is 2.39. The third kappa shape index (κ3) is 3.06. The number of carboxylic acid groups (broad SMARTS) is 1. The first-order valence-corrected chi connectivity index (χ1v) is 4.37. The largest absolute Gasteiger partial charge is 0.479 e. The van der Waals surface area contributed by atoms with E-state index in [1.54, 1.807) is 0 Å². The van der Waals surface area contributed by atoms with Crippen LogP contribution in [-0.2, 0) is 4.79 Å². The van der Waals surface area contributed by atoms with E-state index in [0.717, 1.165) is 0 Å². The molecule has 0 amide bonds. The fourth-order valence-electron chi connectivity index (χ4n) is 0.648. The van der Waals surface area contributed by atoms with Gasteiger partial charge in [-0.05, 0) is 31.1 Å². The zero-order chi connectivity index (χ0) is 11.6. The molecular formula is C9H9BrO3. The molecule has 0 aliphatic heterocycles. The van der Waals surface area contributed by atoms with E-state index in [1.165, 1.54) is 19.1 Å². The number of rotatable bonds is 3. The highest BCUT2D eigenvalue weighted by molar-refractivity contribution is 9.10. The maximum absolute atomic E-state index is 10.5. The molecule has 13 heavy (non-hydrogen) atoms. The Bertz CT molecular complexity index is 372. The third-order valence-electron chi connectivity index (χ3n) is 1.32. The Balaban J connectivity index is 3.00. The fourth-order valence-corrected chi connectivity index (χ4v) is 0.876. The number of hydrogen-bond donors (Lipinski definition) is 1. The molecule has 0 radical (unpaired) electrons. The Hall–Kier alpha value is -1.03. The molecule has 1 atom stereocenters. The number of hydrogen-bond acceptors (Lipinski definition) is 2. The zero-order valence-electron chi connectivity index (χ0n) is 8.87. The first-order valence-electron chi connectivity index (χ1n) is 4.58. The number of ether oxygens (including phenoxy) is 1. The molecule has 0 aliphatic carbocycles. The van der Waals surface area contributed by atoms with Gasteiger partial charge in [-0.1, -0.05) is 15.9 Å². The smallest absolute Gasteiger partial charge is 0.344 e. The lowest BCUT2D eigenvalue weighted by atomic mass is 10.3. The monoisotopic (exact) mass is 246 g/mol. The second kappa shape index (κ2) is 4.28. The maximum atomic E-state index is 10.5. The van der Waals surface area contributed by atoms with Crippen LogP contribution in [-0.4, -0.2) is 17.2 Å². The van der Waals surface area contributed by atoms with Gasteiger partial charge in [0, 0.05) is 4.47 Å². The van der Waals surface area contributed by atoms with Crippen molar-refractivity contribution in [2.45, 2.75) is 13.0 Å². The molecule has 0 saturated heterocycles. The van der Waals surface area contributed by atoms with Gasteiger partial charge in [-0.15, -0.1) is 0 Å². The Kier molecular flexibility index (Phi) is 2.43. The van der Waals surface area contributed by atoms with Crippen LogP contribution >= 0.6 is 15.9 Å². The number of halogens is 1. The van der Waals surface area contributed by atoms with Crippen LogP contribution in [0.25, 0.3) is 0 Å². The molecule has 3 nitrogen and oxygen atoms in total. The van der Waals surface area contributed by atoms with E-state index in [1.807, 2.05) is 0 Å². The molecular weight excluding hydrogens is 236 g/mol. The maximum Gasteiger partial charge on any atom is 0.344 e. The lowest BCUT2D eigenvalue weighted by molar-refractivity contribution is -0.144. The average Bonchev–Trinajstić information content (AvgIpc) is 2.10. The van der Waals surface area contributed by atoms with Crippen molar-refractivity contribution in [2.75, 3.05) is 0 Å². The zero-order valence-corrected chi connectivity index (χ0v) is 8.46. The van der Waals surface area contributed by atoms with Crippen molar-refractivity contribution >= 4 is 21.9 Å². The van der Waals surface area contributed by atoms with Crippen LogP contribution in [0.15, 0.2) is 28.7 Å². The minimum absolute atomic E-state index is 0.0116. The number of aliphatic carboxylic acids is 1. The van der Waals surface area contributed by atoms with Gasteiger partial charge >= 0.3 is 5.97 Å². The number of carboxylic acids is 1. The van der Waals surface area contributed by atoms with E-state index in [-0.39, 0.29) is 17.8 Å². The molecule has 1 N–H and O–H groups in total. The highest BCUT2D eigenvalue weighted by atomic mass is 79.9. The number of carbonyl (C=O) groups is 1. The molecule has 0 aliphatic rings. The summed E-state index contributed by atoms with van der Waals surface area (Å²) in [6.07, 6.45) is -1.07. The molecule has 0 unspecified atom stereocenters. The minimum Gasteiger partial charge on any atom is -0.479 e. The van der Waals surface area contributed by atoms with Gasteiger partial charge < -0.3 is 9.84 Å². The summed E-state index contributed by atoms with van der Waals surface area (Å²) in [7, 11) is 0. The van der Waals surface area contributed by atoms with E-state index in [4.69, 9.17) is 12.6 Å². The van der Waals surface area contributed by atoms with Crippen molar-refractivity contribution in [3.8, 4) is 5.75 Å². The summed E-state index contributed by atoms with van der Waals surface area (Å²) >= 11 is 3.13. The van der Waals surface area contributed by atoms with Crippen LogP contribution < -0.4 is 4.74 Å². The van der Waals surface area contributed by atoms with Gasteiger partial charge in [0.25, 0.3) is 0 Å². The van der Waals surface area contributed by atoms with E-state index >= 15 is 0 Å². The molecule has 1 rings (SSSR count). The van der Waals surface area contributed by atoms with Crippen molar-refractivity contribution < 1.29 is 17.4 Å². The lowest BCUT2D eigenvalue weighted by Gasteiger charge is -2.09. The first kappa shape index (κ1) is 7.38. The predicted octanol–water partition coefficient (Wildman–Crippen LogP) is 2.30. The van der Waals surface area contributed by atoms with Crippen LogP contribution in [0, 0.1) is 0 Å². The molecule has 0 bridgehead atoms. The summed E-state index contributed by atoms with van der Waals surface area (Å²) < 4.78 is 20.6. The lowest BCUT2D eigenvalue weighted by Crippen LogP contribution is -2.22. The minimum atomic E-state index is -1.13. The highest BCUT2D eigenvalue weighted by Crippen LogP contribution is 2.17. The quantitative estimate of drug-likeness (QED) is 0.891.